The normalized spacial score (nSPS) is 15.1. The van der Waals surface area contributed by atoms with E-state index in [2.05, 4.69) is 20.8 Å². The summed E-state index contributed by atoms with van der Waals surface area (Å²) in [6.45, 7) is 3.24. The smallest absolute Gasteiger partial charge is 0.269 e. The zero-order valence-corrected chi connectivity index (χ0v) is 19.2. The van der Waals surface area contributed by atoms with Crippen molar-refractivity contribution in [2.24, 2.45) is 0 Å². The van der Waals surface area contributed by atoms with Gasteiger partial charge in [0.15, 0.2) is 6.61 Å². The molecule has 0 saturated carbocycles. The number of amides is 1. The molecule has 1 N–H and O–H groups in total. The van der Waals surface area contributed by atoms with Crippen LogP contribution in [-0.2, 0) is 27.1 Å². The van der Waals surface area contributed by atoms with Crippen LogP contribution >= 0.6 is 15.9 Å². The van der Waals surface area contributed by atoms with Gasteiger partial charge in [0.05, 0.1) is 0 Å². The number of carbonyl (C=O) groups excluding carboxylic acids is 1. The van der Waals surface area contributed by atoms with Crippen molar-refractivity contribution in [1.82, 2.24) is 9.80 Å². The molecule has 2 aromatic carbocycles. The van der Waals surface area contributed by atoms with Crippen molar-refractivity contribution in [2.45, 2.75) is 12.2 Å². The van der Waals surface area contributed by atoms with Crippen molar-refractivity contribution in [3.05, 3.63) is 63.9 Å². The summed E-state index contributed by atoms with van der Waals surface area (Å²) in [4.78, 5) is 16.5. The summed E-state index contributed by atoms with van der Waals surface area (Å²) in [6, 6.07) is 11.2. The van der Waals surface area contributed by atoms with E-state index in [4.69, 9.17) is 9.29 Å². The number of piperazine rings is 1. The highest BCUT2D eigenvalue weighted by Crippen LogP contribution is 2.25. The van der Waals surface area contributed by atoms with E-state index in [0.717, 1.165) is 31.6 Å². The lowest BCUT2D eigenvalue weighted by molar-refractivity contribution is -0.135. The number of benzene rings is 2. The molecule has 0 aliphatic carbocycles. The van der Waals surface area contributed by atoms with Crippen LogP contribution in [0.4, 0.5) is 4.39 Å². The predicted octanol–water partition coefficient (Wildman–Crippen LogP) is 2.74. The molecule has 0 atom stereocenters. The summed E-state index contributed by atoms with van der Waals surface area (Å²) in [5.74, 6) is -0.778. The van der Waals surface area contributed by atoms with Crippen LogP contribution < -0.4 is 4.74 Å². The molecule has 7 nitrogen and oxygen atoms in total. The maximum Gasteiger partial charge on any atom is 0.269 e. The molecule has 10 heteroatoms. The Morgan fingerprint density at radius 1 is 1.10 bits per heavy atom. The highest BCUT2D eigenvalue weighted by atomic mass is 79.9. The first-order chi connectivity index (χ1) is 14.7. The van der Waals surface area contributed by atoms with Crippen LogP contribution in [0.1, 0.15) is 11.1 Å². The zero-order valence-electron chi connectivity index (χ0n) is 16.8. The van der Waals surface area contributed by atoms with Crippen molar-refractivity contribution in [2.75, 3.05) is 39.3 Å². The number of halogens is 2. The molecule has 1 saturated heterocycles. The highest BCUT2D eigenvalue weighted by Gasteiger charge is 2.22. The lowest BCUT2D eigenvalue weighted by atomic mass is 10.1. The van der Waals surface area contributed by atoms with Crippen molar-refractivity contribution >= 4 is 32.0 Å². The van der Waals surface area contributed by atoms with Gasteiger partial charge in [-0.1, -0.05) is 28.1 Å². The molecule has 1 amide bonds. The lowest BCUT2D eigenvalue weighted by Gasteiger charge is -2.34. The van der Waals surface area contributed by atoms with Gasteiger partial charge >= 0.3 is 0 Å². The second-order valence-electron chi connectivity index (χ2n) is 7.37. The minimum Gasteiger partial charge on any atom is -0.483 e. The molecule has 2 aromatic rings. The summed E-state index contributed by atoms with van der Waals surface area (Å²) in [7, 11) is -4.23. The molecular weight excluding hydrogens is 491 g/mol. The van der Waals surface area contributed by atoms with Crippen LogP contribution in [0.15, 0.2) is 46.9 Å². The van der Waals surface area contributed by atoms with Crippen LogP contribution in [-0.4, -0.2) is 68.0 Å². The van der Waals surface area contributed by atoms with Gasteiger partial charge in [-0.3, -0.25) is 14.2 Å². The predicted molar refractivity (Wildman–Crippen MR) is 118 cm³/mol. The zero-order chi connectivity index (χ0) is 22.4. The van der Waals surface area contributed by atoms with E-state index in [9.17, 15) is 17.6 Å². The second kappa shape index (κ2) is 10.5. The van der Waals surface area contributed by atoms with Gasteiger partial charge in [-0.25, -0.2) is 4.39 Å². The summed E-state index contributed by atoms with van der Waals surface area (Å²) in [5, 5.41) is 0. The molecule has 31 heavy (non-hydrogen) atoms. The molecule has 0 unspecified atom stereocenters. The Hall–Kier alpha value is -2.01. The van der Waals surface area contributed by atoms with Crippen LogP contribution in [0.3, 0.4) is 0 Å². The van der Waals surface area contributed by atoms with Crippen molar-refractivity contribution in [3.8, 4) is 5.75 Å². The maximum atomic E-state index is 13.0. The minimum atomic E-state index is -4.23. The third-order valence-corrected chi connectivity index (χ3v) is 6.24. The van der Waals surface area contributed by atoms with E-state index in [-0.39, 0.29) is 29.6 Å². The van der Waals surface area contributed by atoms with E-state index in [1.54, 1.807) is 29.2 Å². The first kappa shape index (κ1) is 23.6. The number of ether oxygens (including phenoxy) is 1. The van der Waals surface area contributed by atoms with Crippen LogP contribution in [0.5, 0.6) is 5.75 Å². The van der Waals surface area contributed by atoms with E-state index in [0.29, 0.717) is 17.6 Å². The average molecular weight is 515 g/mol. The molecule has 1 aliphatic heterocycles. The van der Waals surface area contributed by atoms with Gasteiger partial charge in [0.25, 0.3) is 16.0 Å². The van der Waals surface area contributed by atoms with E-state index >= 15 is 0 Å². The molecule has 3 rings (SSSR count). The third kappa shape index (κ3) is 7.57. The van der Waals surface area contributed by atoms with Gasteiger partial charge in [-0.05, 0) is 42.3 Å². The standard InChI is InChI=1S/C21H24BrFN2O5S/c22-18-3-6-20(17(13-18)15-31(27,28)29)30-14-21(26)25-11-9-24(10-12-25)8-7-16-1-4-19(23)5-2-16/h1-6,13H,7-12,14-15H2,(H,27,28,29). The van der Waals surface area contributed by atoms with Crippen molar-refractivity contribution in [1.29, 1.82) is 0 Å². The number of nitrogens with zero attached hydrogens (tertiary/aromatic N) is 2. The number of hydrogen-bond donors (Lipinski definition) is 1. The largest absolute Gasteiger partial charge is 0.483 e. The van der Waals surface area contributed by atoms with Crippen LogP contribution in [0, 0.1) is 5.82 Å². The molecule has 168 valence electrons. The Kier molecular flexibility index (Phi) is 8.04. The van der Waals surface area contributed by atoms with E-state index in [1.807, 2.05) is 0 Å². The fraction of sp³-hybridized carbons (Fsp3) is 0.381. The molecule has 1 fully saturated rings. The Balaban J connectivity index is 1.46. The highest BCUT2D eigenvalue weighted by molar-refractivity contribution is 9.10. The quantitative estimate of drug-likeness (QED) is 0.545. The Morgan fingerprint density at radius 3 is 2.42 bits per heavy atom. The summed E-state index contributed by atoms with van der Waals surface area (Å²) < 4.78 is 50.8. The van der Waals surface area contributed by atoms with Gasteiger partial charge in [0.1, 0.15) is 17.3 Å². The van der Waals surface area contributed by atoms with Crippen molar-refractivity contribution < 1.29 is 26.9 Å². The molecule has 0 spiro atoms. The van der Waals surface area contributed by atoms with Crippen molar-refractivity contribution in [3.63, 3.8) is 0 Å². The van der Waals surface area contributed by atoms with Crippen LogP contribution in [0.25, 0.3) is 0 Å². The topological polar surface area (TPSA) is 87.1 Å². The Bertz CT molecular complexity index is 1010. The first-order valence-electron chi connectivity index (χ1n) is 9.80. The minimum absolute atomic E-state index is 0.182. The SMILES string of the molecule is O=C(COc1ccc(Br)cc1CS(=O)(=O)O)N1CCN(CCc2ccc(F)cc2)CC1. The third-order valence-electron chi connectivity index (χ3n) is 5.07. The van der Waals surface area contributed by atoms with E-state index < -0.39 is 15.9 Å². The number of rotatable bonds is 8. The summed E-state index contributed by atoms with van der Waals surface area (Å²) in [6.07, 6.45) is 0.817. The Labute approximate surface area is 189 Å². The number of hydrogen-bond acceptors (Lipinski definition) is 5. The van der Waals surface area contributed by atoms with E-state index in [1.165, 1.54) is 18.2 Å². The van der Waals surface area contributed by atoms with Gasteiger partial charge < -0.3 is 9.64 Å². The van der Waals surface area contributed by atoms with Gasteiger partial charge in [-0.2, -0.15) is 8.42 Å². The fourth-order valence-corrected chi connectivity index (χ4v) is 4.42. The summed E-state index contributed by atoms with van der Waals surface area (Å²) in [5.41, 5.74) is 1.35. The van der Waals surface area contributed by atoms with Gasteiger partial charge in [0, 0.05) is 42.8 Å². The number of carbonyl (C=O) groups is 1. The first-order valence-corrected chi connectivity index (χ1v) is 12.2. The molecule has 1 aliphatic rings. The maximum absolute atomic E-state index is 13.0. The lowest BCUT2D eigenvalue weighted by Crippen LogP contribution is -2.50. The molecule has 1 heterocycles. The van der Waals surface area contributed by atoms with Gasteiger partial charge in [0.2, 0.25) is 0 Å². The van der Waals surface area contributed by atoms with Crippen LogP contribution in [0.2, 0.25) is 0 Å². The fourth-order valence-electron chi connectivity index (χ4n) is 3.39. The summed E-state index contributed by atoms with van der Waals surface area (Å²) >= 11 is 3.25. The second-order valence-corrected chi connectivity index (χ2v) is 9.73. The molecule has 0 bridgehead atoms. The average Bonchev–Trinajstić information content (AvgIpc) is 2.72. The molecule has 0 aromatic heterocycles. The molecule has 0 radical (unpaired) electrons. The van der Waals surface area contributed by atoms with Gasteiger partial charge in [-0.15, -0.1) is 0 Å². The molecular formula is C21H24BrFN2O5S. The Morgan fingerprint density at radius 2 is 1.77 bits per heavy atom. The monoisotopic (exact) mass is 514 g/mol.